The number of anilines is 2. The number of nitrogens with one attached hydrogen (secondary N) is 4. The first-order valence-electron chi connectivity index (χ1n) is 13.3. The quantitative estimate of drug-likeness (QED) is 0.165. The molecule has 2 heterocycles. The molecular weight excluding hydrogens is 748 g/mol. The van der Waals surface area contributed by atoms with Crippen LogP contribution >= 0.6 is 23.2 Å². The molecule has 20 heteroatoms. The molecule has 6 aromatic rings. The minimum absolute atomic E-state index is 0.245. The van der Waals surface area contributed by atoms with Gasteiger partial charge in [-0.15, -0.1) is 0 Å². The van der Waals surface area contributed by atoms with Crippen molar-refractivity contribution < 1.29 is 33.7 Å². The molecule has 0 spiro atoms. The van der Waals surface area contributed by atoms with E-state index in [1.807, 2.05) is 0 Å². The zero-order chi connectivity index (χ0) is 35.1. The molecule has 48 heavy (non-hydrogen) atoms. The molecule has 252 valence electrons. The molecule has 6 rings (SSSR count). The highest BCUT2D eigenvalue weighted by Crippen LogP contribution is 2.29. The van der Waals surface area contributed by atoms with Crippen molar-refractivity contribution in [2.24, 2.45) is 0 Å². The highest BCUT2D eigenvalue weighted by molar-refractivity contribution is 7.95. The number of H-pyrrole nitrogens is 2. The Morgan fingerprint density at radius 3 is 1.19 bits per heavy atom. The summed E-state index contributed by atoms with van der Waals surface area (Å²) in [4.78, 5) is -1.16. The van der Waals surface area contributed by atoms with E-state index in [1.54, 1.807) is 12.1 Å². The number of hydrogen-bond donors (Lipinski definition) is 4. The summed E-state index contributed by atoms with van der Waals surface area (Å²) in [6, 6.07) is 20.1. The molecule has 0 unspecified atom stereocenters. The summed E-state index contributed by atoms with van der Waals surface area (Å²) in [5.74, 6) is 0. The van der Waals surface area contributed by atoms with E-state index in [2.05, 4.69) is 29.8 Å². The van der Waals surface area contributed by atoms with Gasteiger partial charge in [0.2, 0.25) is 0 Å². The predicted octanol–water partition coefficient (Wildman–Crippen LogP) is 4.84. The topological polar surface area (TPSA) is 218 Å². The van der Waals surface area contributed by atoms with E-state index < -0.39 is 39.7 Å². The zero-order valence-electron chi connectivity index (χ0n) is 24.6. The second-order valence-electron chi connectivity index (χ2n) is 10.2. The number of sulfonamides is 2. The van der Waals surface area contributed by atoms with E-state index in [4.69, 9.17) is 23.2 Å². The Bertz CT molecular complexity index is 2460. The van der Waals surface area contributed by atoms with Crippen LogP contribution in [0.1, 0.15) is 0 Å². The Morgan fingerprint density at radius 2 is 0.854 bits per heavy atom. The second-order valence-corrected chi connectivity index (χ2v) is 18.2. The van der Waals surface area contributed by atoms with Gasteiger partial charge in [0.15, 0.2) is 19.7 Å². The Kier molecular flexibility index (Phi) is 9.52. The lowest BCUT2D eigenvalue weighted by molar-refractivity contribution is 0.588. The summed E-state index contributed by atoms with van der Waals surface area (Å²) in [5, 5.41) is 14.7. The number of benzene rings is 4. The van der Waals surface area contributed by atoms with Crippen LogP contribution in [-0.2, 0) is 39.7 Å². The van der Waals surface area contributed by atoms with E-state index >= 15 is 0 Å². The largest absolute Gasteiger partial charge is 0.280 e. The van der Waals surface area contributed by atoms with Crippen LogP contribution in [0.25, 0.3) is 21.8 Å². The van der Waals surface area contributed by atoms with Gasteiger partial charge in [-0.3, -0.25) is 19.6 Å². The fourth-order valence-corrected chi connectivity index (χ4v) is 10.2. The van der Waals surface area contributed by atoms with Crippen molar-refractivity contribution in [2.45, 2.75) is 19.6 Å². The molecule has 0 atom stereocenters. The van der Waals surface area contributed by atoms with Gasteiger partial charge in [0.05, 0.1) is 20.8 Å². The fraction of sp³-hybridized carbons (Fsp3) is 0.0714. The van der Waals surface area contributed by atoms with Gasteiger partial charge in [-0.25, -0.2) is 33.7 Å². The van der Waals surface area contributed by atoms with E-state index in [-0.39, 0.29) is 41.3 Å². The molecule has 0 amide bonds. The van der Waals surface area contributed by atoms with Gasteiger partial charge in [-0.2, -0.15) is 10.2 Å². The molecular formula is C28H24Cl2N6O8S4. The van der Waals surface area contributed by atoms with Crippen LogP contribution < -0.4 is 9.44 Å². The van der Waals surface area contributed by atoms with Crippen LogP contribution in [0, 0.1) is 0 Å². The lowest BCUT2D eigenvalue weighted by atomic mass is 10.2. The summed E-state index contributed by atoms with van der Waals surface area (Å²) < 4.78 is 102. The number of fused-ring (bicyclic) bond motifs is 2. The maximum absolute atomic E-state index is 12.6. The number of hydrogen-bond acceptors (Lipinski definition) is 10. The number of nitrogens with zero attached hydrogens (tertiary/aromatic N) is 2. The third-order valence-electron chi connectivity index (χ3n) is 6.60. The van der Waals surface area contributed by atoms with Gasteiger partial charge < -0.3 is 0 Å². The van der Waals surface area contributed by atoms with Crippen LogP contribution in [0.15, 0.2) is 105 Å². The lowest BCUT2D eigenvalue weighted by Gasteiger charge is -2.11. The number of sulfone groups is 2. The average Bonchev–Trinajstić information content (AvgIpc) is 3.57. The van der Waals surface area contributed by atoms with Crippen LogP contribution in [0.3, 0.4) is 0 Å². The van der Waals surface area contributed by atoms with Gasteiger partial charge >= 0.3 is 0 Å². The van der Waals surface area contributed by atoms with Crippen molar-refractivity contribution in [3.63, 3.8) is 0 Å². The third-order valence-corrected chi connectivity index (χ3v) is 12.6. The maximum Gasteiger partial charge on any atom is 0.263 e. The van der Waals surface area contributed by atoms with Crippen molar-refractivity contribution in [2.75, 3.05) is 22.0 Å². The molecule has 0 saturated carbocycles. The molecule has 14 nitrogen and oxygen atoms in total. The first kappa shape index (κ1) is 35.1. The van der Waals surface area contributed by atoms with Gasteiger partial charge in [0.1, 0.15) is 20.1 Å². The molecule has 0 bridgehead atoms. The van der Waals surface area contributed by atoms with Crippen molar-refractivity contribution in [3.05, 3.63) is 95.2 Å². The van der Waals surface area contributed by atoms with Crippen LogP contribution in [0.2, 0.25) is 10.3 Å². The number of aromatic amines is 2. The van der Waals surface area contributed by atoms with Gasteiger partial charge in [-0.05, 0) is 60.7 Å². The molecule has 0 radical (unpaired) electrons. The maximum atomic E-state index is 12.6. The molecule has 4 N–H and O–H groups in total. The average molecular weight is 772 g/mol. The number of aromatic nitrogens is 4. The Hall–Kier alpha value is -4.20. The van der Waals surface area contributed by atoms with Crippen molar-refractivity contribution in [1.29, 1.82) is 0 Å². The Labute approximate surface area is 285 Å². The summed E-state index contributed by atoms with van der Waals surface area (Å²) in [7, 11) is -15.6. The highest BCUT2D eigenvalue weighted by Gasteiger charge is 2.25. The Balaban J connectivity index is 0.000000188. The second kappa shape index (κ2) is 13.0. The molecule has 2 aromatic heterocycles. The van der Waals surface area contributed by atoms with Crippen molar-refractivity contribution in [3.8, 4) is 0 Å². The first-order valence-corrected chi connectivity index (χ1v) is 20.8. The summed E-state index contributed by atoms with van der Waals surface area (Å²) in [6.45, 7) is 0. The fourth-order valence-electron chi connectivity index (χ4n) is 4.46. The SMILES string of the molecule is CS(=O)(=O)c1ccccc1S(=O)(=O)Nc1ccc2n[nH]c(Cl)c2c1.CS(=O)(=O)c1ccccc1S(=O)(=O)Nc1ccc2n[nH]c(Cl)c2c1. The van der Waals surface area contributed by atoms with Crippen LogP contribution in [-0.4, -0.2) is 66.6 Å². The minimum Gasteiger partial charge on any atom is -0.280 e. The van der Waals surface area contributed by atoms with Gasteiger partial charge in [-0.1, -0.05) is 47.5 Å². The summed E-state index contributed by atoms with van der Waals surface area (Å²) in [6.07, 6.45) is 1.91. The summed E-state index contributed by atoms with van der Waals surface area (Å²) >= 11 is 11.9. The van der Waals surface area contributed by atoms with Gasteiger partial charge in [0.25, 0.3) is 20.0 Å². The normalized spacial score (nSPS) is 12.4. The van der Waals surface area contributed by atoms with Crippen molar-refractivity contribution >= 4 is 96.1 Å². The van der Waals surface area contributed by atoms with Gasteiger partial charge in [0, 0.05) is 34.7 Å². The third kappa shape index (κ3) is 7.58. The molecule has 0 saturated heterocycles. The molecule has 0 aliphatic heterocycles. The molecule has 4 aromatic carbocycles. The number of rotatable bonds is 8. The van der Waals surface area contributed by atoms with Crippen LogP contribution in [0.5, 0.6) is 0 Å². The lowest BCUT2D eigenvalue weighted by Crippen LogP contribution is -2.16. The van der Waals surface area contributed by atoms with Crippen molar-refractivity contribution in [1.82, 2.24) is 20.4 Å². The standard InChI is InChI=1S/2C14H12ClN3O4S2/c2*1-23(19,20)12-4-2-3-5-13(12)24(21,22)18-9-6-7-11-10(8-9)14(15)17-16-11/h2*2-8,18H,1H3,(H,16,17). The van der Waals surface area contributed by atoms with E-state index in [1.165, 1.54) is 72.8 Å². The number of halogens is 2. The zero-order valence-corrected chi connectivity index (χ0v) is 29.4. The van der Waals surface area contributed by atoms with E-state index in [9.17, 15) is 33.7 Å². The predicted molar refractivity (Wildman–Crippen MR) is 183 cm³/mol. The molecule has 0 aliphatic carbocycles. The van der Waals surface area contributed by atoms with E-state index in [0.717, 1.165) is 12.5 Å². The summed E-state index contributed by atoms with van der Waals surface area (Å²) in [5.41, 5.74) is 1.65. The smallest absolute Gasteiger partial charge is 0.263 e. The van der Waals surface area contributed by atoms with Crippen LogP contribution in [0.4, 0.5) is 11.4 Å². The van der Waals surface area contributed by atoms with E-state index in [0.29, 0.717) is 21.8 Å². The minimum atomic E-state index is -4.09. The molecule has 0 aliphatic rings. The highest BCUT2D eigenvalue weighted by atomic mass is 35.5. The molecule has 0 fully saturated rings. The Morgan fingerprint density at radius 1 is 0.521 bits per heavy atom. The monoisotopic (exact) mass is 770 g/mol. The first-order chi connectivity index (χ1) is 22.4.